The maximum absolute atomic E-state index is 15.0. The Morgan fingerprint density at radius 1 is 1.16 bits per heavy atom. The minimum absolute atomic E-state index is 0.0495. The molecule has 0 unspecified atom stereocenters. The van der Waals surface area contributed by atoms with Crippen molar-refractivity contribution in [3.8, 4) is 0 Å². The number of amides is 3. The van der Waals surface area contributed by atoms with E-state index in [0.717, 1.165) is 11.1 Å². The van der Waals surface area contributed by atoms with E-state index in [1.165, 1.54) is 4.90 Å². The Kier molecular flexibility index (Phi) is 11.6. The quantitative estimate of drug-likeness (QED) is 0.189. The van der Waals surface area contributed by atoms with Gasteiger partial charge in [-0.25, -0.2) is 0 Å². The number of rotatable bonds is 16. The van der Waals surface area contributed by atoms with Gasteiger partial charge in [0.1, 0.15) is 17.7 Å². The maximum atomic E-state index is 15.0. The molecule has 50 heavy (non-hydrogen) atoms. The summed E-state index contributed by atoms with van der Waals surface area (Å²) in [6.07, 6.45) is 4.19. The van der Waals surface area contributed by atoms with Gasteiger partial charge < -0.3 is 29.7 Å². The number of hydrogen-bond acceptors (Lipinski definition) is 7. The molecule has 2 aromatic carbocycles. The van der Waals surface area contributed by atoms with E-state index in [-0.39, 0.29) is 49.8 Å². The van der Waals surface area contributed by atoms with Gasteiger partial charge in [-0.2, -0.15) is 0 Å². The lowest BCUT2D eigenvalue weighted by Gasteiger charge is -2.41. The summed E-state index contributed by atoms with van der Waals surface area (Å²) >= 11 is 0. The first-order chi connectivity index (χ1) is 24.0. The number of allylic oxidation sites excluding steroid dienone is 1. The van der Waals surface area contributed by atoms with Crippen LogP contribution in [-0.4, -0.2) is 77.2 Å². The lowest BCUT2D eigenvalue weighted by atomic mass is 9.70. The maximum Gasteiger partial charge on any atom is 0.313 e. The van der Waals surface area contributed by atoms with Crippen LogP contribution in [0.5, 0.6) is 0 Å². The molecule has 10 nitrogen and oxygen atoms in total. The molecule has 0 aromatic heterocycles. The summed E-state index contributed by atoms with van der Waals surface area (Å²) in [5, 5.41) is 13.6. The fraction of sp³-hybridized carbons (Fsp3) is 0.500. The van der Waals surface area contributed by atoms with Crippen LogP contribution in [0.1, 0.15) is 68.7 Å². The molecule has 1 spiro atoms. The van der Waals surface area contributed by atoms with Crippen molar-refractivity contribution < 1.29 is 33.8 Å². The molecular formula is C40H51N3O7. The fourth-order valence-corrected chi connectivity index (χ4v) is 8.05. The number of anilines is 1. The van der Waals surface area contributed by atoms with Gasteiger partial charge in [-0.05, 0) is 61.8 Å². The molecular weight excluding hydrogens is 634 g/mol. The molecule has 2 aromatic rings. The second-order valence-corrected chi connectivity index (χ2v) is 13.9. The second kappa shape index (κ2) is 15.7. The number of nitrogens with one attached hydrogen (secondary N) is 1. The Bertz CT molecular complexity index is 1590. The van der Waals surface area contributed by atoms with E-state index in [9.17, 15) is 19.5 Å². The lowest BCUT2D eigenvalue weighted by Crippen LogP contribution is -2.60. The van der Waals surface area contributed by atoms with Crippen LogP contribution in [0.3, 0.4) is 0 Å². The monoisotopic (exact) mass is 685 g/mol. The van der Waals surface area contributed by atoms with Gasteiger partial charge in [0.15, 0.2) is 0 Å². The smallest absolute Gasteiger partial charge is 0.313 e. The summed E-state index contributed by atoms with van der Waals surface area (Å²) in [7, 11) is 0. The third kappa shape index (κ3) is 6.88. The van der Waals surface area contributed by atoms with Crippen LogP contribution in [0.4, 0.5) is 5.69 Å². The number of hydrogen-bond donors (Lipinski definition) is 2. The fourth-order valence-electron chi connectivity index (χ4n) is 8.05. The number of aryl methyl sites for hydroxylation is 2. The third-order valence-corrected chi connectivity index (χ3v) is 10.8. The molecule has 3 fully saturated rings. The van der Waals surface area contributed by atoms with Gasteiger partial charge in [0.2, 0.25) is 11.8 Å². The zero-order chi connectivity index (χ0) is 36.2. The number of likely N-dealkylation sites (tertiary alicyclic amines) is 1. The number of esters is 1. The third-order valence-electron chi connectivity index (χ3n) is 10.8. The van der Waals surface area contributed by atoms with Crippen molar-refractivity contribution in [3.63, 3.8) is 0 Å². The Morgan fingerprint density at radius 3 is 2.56 bits per heavy atom. The molecule has 3 saturated heterocycles. The molecule has 10 heteroatoms. The Morgan fingerprint density at radius 2 is 1.90 bits per heavy atom. The van der Waals surface area contributed by atoms with Crippen LogP contribution >= 0.6 is 0 Å². The zero-order valence-electron chi connectivity index (χ0n) is 29.7. The number of aliphatic hydroxyl groups excluding tert-OH is 1. The van der Waals surface area contributed by atoms with Gasteiger partial charge in [-0.3, -0.25) is 19.2 Å². The molecule has 0 aliphatic carbocycles. The summed E-state index contributed by atoms with van der Waals surface area (Å²) in [6.45, 7) is 15.3. The summed E-state index contributed by atoms with van der Waals surface area (Å²) in [5.41, 5.74) is 1.97. The number of ether oxygens (including phenoxy) is 2. The van der Waals surface area contributed by atoms with Crippen molar-refractivity contribution in [2.45, 2.75) is 89.7 Å². The largest absolute Gasteiger partial charge is 0.455 e. The molecule has 8 atom stereocenters. The highest BCUT2D eigenvalue weighted by atomic mass is 16.6. The summed E-state index contributed by atoms with van der Waals surface area (Å²) < 4.78 is 12.9. The first-order valence-corrected chi connectivity index (χ1v) is 17.8. The molecule has 3 aliphatic rings. The number of carbonyl (C=O) groups excluding carboxylic acids is 4. The Labute approximate surface area is 295 Å². The molecule has 0 saturated carbocycles. The first-order valence-electron chi connectivity index (χ1n) is 17.8. The normalized spacial score (nSPS) is 25.4. The SMILES string of the molecule is C=CCCC(=O)NC[C@@H](OC(=O)[C@@H]1[C@H]2C(=O)N([C@@H](CO)[C@@H](C)CC)[C@H](C(=O)N(CC=C)c3cc(C)ccc3C)[C@]23CC[C@H]1O3)c1ccccc1. The van der Waals surface area contributed by atoms with Crippen molar-refractivity contribution in [2.24, 2.45) is 17.8 Å². The standard InChI is InChI=1S/C40H51N3O7/c1-7-10-16-33(45)41-23-32(28-14-12-11-13-15-28)49-39(48)34-31-19-20-40(50-31)35(34)37(46)43(30(24-44)26(5)9-3)36(40)38(47)42(21-8-2)29-22-25(4)17-18-27(29)6/h7-8,11-15,17-18,22,26,30-32,34-36,44H,1-2,9-10,16,19-21,23-24H2,3-6H3,(H,41,45)/t26-,30-,31+,32+,34-,35-,36+,40-/m0/s1. The highest BCUT2D eigenvalue weighted by molar-refractivity contribution is 6.05. The second-order valence-electron chi connectivity index (χ2n) is 13.9. The number of benzene rings is 2. The van der Waals surface area contributed by atoms with Gasteiger partial charge in [-0.15, -0.1) is 13.2 Å². The van der Waals surface area contributed by atoms with Crippen molar-refractivity contribution in [3.05, 3.63) is 90.5 Å². The average Bonchev–Trinajstić information content (AvgIpc) is 3.77. The van der Waals surface area contributed by atoms with E-state index in [2.05, 4.69) is 18.5 Å². The average molecular weight is 686 g/mol. The highest BCUT2D eigenvalue weighted by Gasteiger charge is 2.76. The summed E-state index contributed by atoms with van der Waals surface area (Å²) in [6, 6.07) is 13.3. The lowest BCUT2D eigenvalue weighted by molar-refractivity contribution is -0.161. The minimum Gasteiger partial charge on any atom is -0.455 e. The van der Waals surface area contributed by atoms with Gasteiger partial charge in [0.05, 0.1) is 37.1 Å². The van der Waals surface area contributed by atoms with E-state index >= 15 is 4.79 Å². The molecule has 2 bridgehead atoms. The molecule has 3 amide bonds. The van der Waals surface area contributed by atoms with Crippen molar-refractivity contribution in [1.29, 1.82) is 0 Å². The van der Waals surface area contributed by atoms with Gasteiger partial charge in [0.25, 0.3) is 5.91 Å². The predicted molar refractivity (Wildman–Crippen MR) is 191 cm³/mol. The van der Waals surface area contributed by atoms with E-state index in [0.29, 0.717) is 36.9 Å². The highest BCUT2D eigenvalue weighted by Crippen LogP contribution is 2.59. The predicted octanol–water partition coefficient (Wildman–Crippen LogP) is 4.97. The van der Waals surface area contributed by atoms with E-state index < -0.39 is 47.7 Å². The number of fused-ring (bicyclic) bond motifs is 1. The van der Waals surface area contributed by atoms with Crippen LogP contribution in [0.15, 0.2) is 73.8 Å². The number of carbonyl (C=O) groups is 4. The van der Waals surface area contributed by atoms with Crippen LogP contribution < -0.4 is 10.2 Å². The van der Waals surface area contributed by atoms with Crippen molar-refractivity contribution in [2.75, 3.05) is 24.6 Å². The van der Waals surface area contributed by atoms with Gasteiger partial charge in [0, 0.05) is 18.7 Å². The van der Waals surface area contributed by atoms with E-state index in [4.69, 9.17) is 9.47 Å². The molecule has 3 heterocycles. The van der Waals surface area contributed by atoms with Gasteiger partial charge >= 0.3 is 5.97 Å². The number of aliphatic hydroxyl groups is 1. The molecule has 0 radical (unpaired) electrons. The number of nitrogens with zero attached hydrogens (tertiary/aromatic N) is 2. The zero-order valence-corrected chi connectivity index (χ0v) is 29.7. The molecule has 3 aliphatic heterocycles. The summed E-state index contributed by atoms with van der Waals surface area (Å²) in [5.74, 6) is -3.63. The minimum atomic E-state index is -1.29. The Balaban J connectivity index is 1.53. The Hall–Kier alpha value is -4.28. The molecule has 2 N–H and O–H groups in total. The van der Waals surface area contributed by atoms with Crippen molar-refractivity contribution >= 4 is 29.4 Å². The van der Waals surface area contributed by atoms with E-state index in [1.807, 2.05) is 76.2 Å². The van der Waals surface area contributed by atoms with Crippen LogP contribution in [0, 0.1) is 31.6 Å². The van der Waals surface area contributed by atoms with Crippen LogP contribution in [0.2, 0.25) is 0 Å². The van der Waals surface area contributed by atoms with Gasteiger partial charge in [-0.1, -0.05) is 74.9 Å². The topological polar surface area (TPSA) is 125 Å². The molecule has 268 valence electrons. The molecule has 5 rings (SSSR count). The van der Waals surface area contributed by atoms with E-state index in [1.54, 1.807) is 17.1 Å². The van der Waals surface area contributed by atoms with Crippen molar-refractivity contribution in [1.82, 2.24) is 10.2 Å². The van der Waals surface area contributed by atoms with Crippen LogP contribution in [0.25, 0.3) is 0 Å². The first kappa shape index (κ1) is 37.0. The summed E-state index contributed by atoms with van der Waals surface area (Å²) in [4.78, 5) is 59.8. The van der Waals surface area contributed by atoms with Crippen LogP contribution in [-0.2, 0) is 28.7 Å².